The fourth-order valence-corrected chi connectivity index (χ4v) is 4.05. The second-order valence-electron chi connectivity index (χ2n) is 8.08. The minimum absolute atomic E-state index is 0.00821. The number of nitrogens with zero attached hydrogens (tertiary/aromatic N) is 1. The molecule has 0 radical (unpaired) electrons. The standard InChI is InChI=1S/C25H32N2O2/c1-3-23(25(29)26-22-11-7-8-12-22)27(18-21-9-5-4-6-10-21)24(28)17-20-15-13-19(2)14-16-20/h4-6,9-10,13-16,22-23H,3,7-8,11-12,17-18H2,1-2H3,(H,26,29)/t23-/m1/s1. The lowest BCUT2D eigenvalue weighted by Crippen LogP contribution is -2.51. The lowest BCUT2D eigenvalue weighted by molar-refractivity contribution is -0.141. The summed E-state index contributed by atoms with van der Waals surface area (Å²) in [4.78, 5) is 28.1. The maximum absolute atomic E-state index is 13.3. The summed E-state index contributed by atoms with van der Waals surface area (Å²) in [6, 6.07) is 17.8. The number of aryl methyl sites for hydroxylation is 1. The average molecular weight is 393 g/mol. The maximum Gasteiger partial charge on any atom is 0.243 e. The topological polar surface area (TPSA) is 49.4 Å². The highest BCUT2D eigenvalue weighted by Gasteiger charge is 2.30. The molecule has 29 heavy (non-hydrogen) atoms. The monoisotopic (exact) mass is 392 g/mol. The first-order valence-corrected chi connectivity index (χ1v) is 10.8. The van der Waals surface area contributed by atoms with Crippen LogP contribution >= 0.6 is 0 Å². The van der Waals surface area contributed by atoms with E-state index < -0.39 is 6.04 Å². The molecule has 2 aromatic carbocycles. The number of benzene rings is 2. The van der Waals surface area contributed by atoms with Gasteiger partial charge in [0.15, 0.2) is 0 Å². The lowest BCUT2D eigenvalue weighted by Gasteiger charge is -2.31. The number of carbonyl (C=O) groups excluding carboxylic acids is 2. The molecule has 0 saturated heterocycles. The van der Waals surface area contributed by atoms with Crippen LogP contribution in [-0.4, -0.2) is 28.8 Å². The Hall–Kier alpha value is -2.62. The first kappa shape index (κ1) is 21.1. The highest BCUT2D eigenvalue weighted by Crippen LogP contribution is 2.20. The summed E-state index contributed by atoms with van der Waals surface area (Å²) in [6.45, 7) is 4.46. The fraction of sp³-hybridized carbons (Fsp3) is 0.440. The molecule has 4 nitrogen and oxygen atoms in total. The van der Waals surface area contributed by atoms with Crippen molar-refractivity contribution in [3.8, 4) is 0 Å². The van der Waals surface area contributed by atoms with Crippen molar-refractivity contribution in [2.75, 3.05) is 0 Å². The molecule has 2 amide bonds. The van der Waals surface area contributed by atoms with E-state index in [1.807, 2.05) is 68.4 Å². The second-order valence-corrected chi connectivity index (χ2v) is 8.08. The van der Waals surface area contributed by atoms with Gasteiger partial charge in [0.2, 0.25) is 11.8 Å². The Bertz CT molecular complexity index is 795. The van der Waals surface area contributed by atoms with Crippen LogP contribution in [0.4, 0.5) is 0 Å². The molecule has 0 aliphatic heterocycles. The molecule has 0 bridgehead atoms. The molecule has 4 heteroatoms. The van der Waals surface area contributed by atoms with Gasteiger partial charge in [-0.3, -0.25) is 9.59 Å². The quantitative estimate of drug-likeness (QED) is 0.724. The van der Waals surface area contributed by atoms with Gasteiger partial charge in [0.05, 0.1) is 6.42 Å². The van der Waals surface area contributed by atoms with Crippen molar-refractivity contribution in [2.45, 2.75) is 71.0 Å². The molecule has 1 N–H and O–H groups in total. The van der Waals surface area contributed by atoms with Gasteiger partial charge < -0.3 is 10.2 Å². The van der Waals surface area contributed by atoms with E-state index in [0.29, 0.717) is 19.4 Å². The zero-order valence-electron chi connectivity index (χ0n) is 17.6. The molecule has 0 spiro atoms. The van der Waals surface area contributed by atoms with Crippen LogP contribution in [0.15, 0.2) is 54.6 Å². The number of carbonyl (C=O) groups is 2. The Morgan fingerprint density at radius 3 is 2.28 bits per heavy atom. The van der Waals surface area contributed by atoms with Crippen molar-refractivity contribution in [3.05, 3.63) is 71.3 Å². The van der Waals surface area contributed by atoms with Gasteiger partial charge in [-0.15, -0.1) is 0 Å². The zero-order chi connectivity index (χ0) is 20.6. The Morgan fingerprint density at radius 1 is 1.00 bits per heavy atom. The fourth-order valence-electron chi connectivity index (χ4n) is 4.05. The van der Waals surface area contributed by atoms with Crippen LogP contribution in [0.2, 0.25) is 0 Å². The first-order valence-electron chi connectivity index (χ1n) is 10.8. The number of nitrogens with one attached hydrogen (secondary N) is 1. The van der Waals surface area contributed by atoms with Crippen molar-refractivity contribution in [3.63, 3.8) is 0 Å². The van der Waals surface area contributed by atoms with Crippen LogP contribution < -0.4 is 5.32 Å². The van der Waals surface area contributed by atoms with Gasteiger partial charge in [0.1, 0.15) is 6.04 Å². The minimum atomic E-state index is -0.450. The lowest BCUT2D eigenvalue weighted by atomic mass is 10.1. The van der Waals surface area contributed by atoms with E-state index >= 15 is 0 Å². The second kappa shape index (κ2) is 10.2. The molecule has 0 aromatic heterocycles. The SMILES string of the molecule is CC[C@H](C(=O)NC1CCCC1)N(Cc1ccccc1)C(=O)Cc1ccc(C)cc1. The van der Waals surface area contributed by atoms with Crippen molar-refractivity contribution in [1.82, 2.24) is 10.2 Å². The molecule has 154 valence electrons. The first-order chi connectivity index (χ1) is 14.1. The number of hydrogen-bond donors (Lipinski definition) is 1. The van der Waals surface area contributed by atoms with Gasteiger partial charge in [-0.05, 0) is 37.3 Å². The number of rotatable bonds is 8. The number of hydrogen-bond acceptors (Lipinski definition) is 2. The summed E-state index contributed by atoms with van der Waals surface area (Å²) in [5.74, 6) is -0.0290. The molecule has 0 heterocycles. The molecule has 1 aliphatic rings. The third-order valence-electron chi connectivity index (χ3n) is 5.76. The Labute approximate surface area is 174 Å². The molecule has 1 fully saturated rings. The van der Waals surface area contributed by atoms with Gasteiger partial charge in [-0.25, -0.2) is 0 Å². The van der Waals surface area contributed by atoms with E-state index in [4.69, 9.17) is 0 Å². The largest absolute Gasteiger partial charge is 0.352 e. The molecular weight excluding hydrogens is 360 g/mol. The molecule has 1 atom stereocenters. The molecule has 1 aliphatic carbocycles. The van der Waals surface area contributed by atoms with E-state index in [9.17, 15) is 9.59 Å². The van der Waals surface area contributed by atoms with Crippen LogP contribution in [0, 0.1) is 6.92 Å². The molecule has 2 aromatic rings. The Kier molecular flexibility index (Phi) is 7.45. The van der Waals surface area contributed by atoms with Gasteiger partial charge in [-0.1, -0.05) is 79.9 Å². The molecule has 1 saturated carbocycles. The van der Waals surface area contributed by atoms with Crippen molar-refractivity contribution in [2.24, 2.45) is 0 Å². The molecular formula is C25H32N2O2. The average Bonchev–Trinajstić information content (AvgIpc) is 3.23. The van der Waals surface area contributed by atoms with Crippen molar-refractivity contribution >= 4 is 11.8 Å². The third kappa shape index (κ3) is 5.93. The van der Waals surface area contributed by atoms with E-state index in [1.165, 1.54) is 18.4 Å². The van der Waals surface area contributed by atoms with Crippen molar-refractivity contribution < 1.29 is 9.59 Å². The van der Waals surface area contributed by atoms with Gasteiger partial charge in [0.25, 0.3) is 0 Å². The smallest absolute Gasteiger partial charge is 0.243 e. The van der Waals surface area contributed by atoms with E-state index in [0.717, 1.165) is 24.0 Å². The summed E-state index contributed by atoms with van der Waals surface area (Å²) >= 11 is 0. The van der Waals surface area contributed by atoms with Gasteiger partial charge >= 0.3 is 0 Å². The predicted octanol–water partition coefficient (Wildman–Crippen LogP) is 4.40. The third-order valence-corrected chi connectivity index (χ3v) is 5.76. The zero-order valence-corrected chi connectivity index (χ0v) is 17.6. The van der Waals surface area contributed by atoms with Crippen LogP contribution in [0.25, 0.3) is 0 Å². The van der Waals surface area contributed by atoms with E-state index in [-0.39, 0.29) is 17.9 Å². The minimum Gasteiger partial charge on any atom is -0.352 e. The van der Waals surface area contributed by atoms with Crippen LogP contribution in [0.3, 0.4) is 0 Å². The van der Waals surface area contributed by atoms with E-state index in [2.05, 4.69) is 5.32 Å². The Balaban J connectivity index is 1.78. The Morgan fingerprint density at radius 2 is 1.66 bits per heavy atom. The van der Waals surface area contributed by atoms with Crippen LogP contribution in [-0.2, 0) is 22.6 Å². The van der Waals surface area contributed by atoms with Gasteiger partial charge in [-0.2, -0.15) is 0 Å². The van der Waals surface area contributed by atoms with E-state index in [1.54, 1.807) is 4.90 Å². The number of amides is 2. The summed E-state index contributed by atoms with van der Waals surface area (Å²) in [5, 5.41) is 3.19. The molecule has 0 unspecified atom stereocenters. The highest BCUT2D eigenvalue weighted by molar-refractivity contribution is 5.88. The highest BCUT2D eigenvalue weighted by atomic mass is 16.2. The van der Waals surface area contributed by atoms with Crippen LogP contribution in [0.1, 0.15) is 55.7 Å². The summed E-state index contributed by atoms with van der Waals surface area (Å²) in [7, 11) is 0. The molecule has 3 rings (SSSR count). The summed E-state index contributed by atoms with van der Waals surface area (Å²) in [6.07, 6.45) is 5.32. The summed E-state index contributed by atoms with van der Waals surface area (Å²) in [5.41, 5.74) is 3.19. The summed E-state index contributed by atoms with van der Waals surface area (Å²) < 4.78 is 0. The van der Waals surface area contributed by atoms with Gasteiger partial charge in [0, 0.05) is 12.6 Å². The van der Waals surface area contributed by atoms with Crippen LogP contribution in [0.5, 0.6) is 0 Å². The normalized spacial score (nSPS) is 15.1. The van der Waals surface area contributed by atoms with Crippen molar-refractivity contribution in [1.29, 1.82) is 0 Å². The maximum atomic E-state index is 13.3. The predicted molar refractivity (Wildman–Crippen MR) is 116 cm³/mol.